The van der Waals surface area contributed by atoms with E-state index in [1.807, 2.05) is 0 Å². The van der Waals surface area contributed by atoms with Crippen molar-refractivity contribution in [2.45, 2.75) is 27.2 Å². The summed E-state index contributed by atoms with van der Waals surface area (Å²) in [5, 5.41) is 0. The average Bonchev–Trinajstić information content (AvgIpc) is 1.80. The highest BCUT2D eigenvalue weighted by molar-refractivity contribution is 5.72. The van der Waals surface area contributed by atoms with Crippen LogP contribution in [0, 0.1) is 5.41 Å². The van der Waals surface area contributed by atoms with E-state index in [9.17, 15) is 13.6 Å². The minimum Gasteiger partial charge on any atom is -0.461 e. The van der Waals surface area contributed by atoms with Crippen LogP contribution in [0.5, 0.6) is 0 Å². The van der Waals surface area contributed by atoms with Crippen LogP contribution >= 0.6 is 0 Å². The zero-order valence-corrected chi connectivity index (χ0v) is 6.86. The highest BCUT2D eigenvalue weighted by atomic mass is 19.3. The molecule has 4 heteroatoms. The van der Waals surface area contributed by atoms with Crippen LogP contribution in [0.3, 0.4) is 0 Å². The van der Waals surface area contributed by atoms with Gasteiger partial charge in [-0.2, -0.15) is 8.78 Å². The summed E-state index contributed by atoms with van der Waals surface area (Å²) >= 11 is 0. The lowest BCUT2D eigenvalue weighted by atomic mass is 9.99. The van der Waals surface area contributed by atoms with Gasteiger partial charge in [0.25, 0.3) is 0 Å². The number of rotatable bonds is 2. The number of halogens is 2. The average molecular weight is 166 g/mol. The number of carbonyl (C=O) groups excluding carboxylic acids is 1. The predicted octanol–water partition coefficient (Wildman–Crippen LogP) is 1.84. The van der Waals surface area contributed by atoms with Gasteiger partial charge in [0.2, 0.25) is 0 Å². The zero-order chi connectivity index (χ0) is 9.07. The maximum Gasteiger partial charge on any atom is 0.373 e. The molecule has 0 bridgehead atoms. The summed E-state index contributed by atoms with van der Waals surface area (Å²) in [5.74, 6) is -1.44. The second kappa shape index (κ2) is 3.64. The van der Waals surface area contributed by atoms with Gasteiger partial charge in [0.1, 0.15) is 0 Å². The predicted molar refractivity (Wildman–Crippen MR) is 36.4 cm³/mol. The Bertz CT molecular complexity index is 138. The third-order valence-corrected chi connectivity index (χ3v) is 0.826. The lowest BCUT2D eigenvalue weighted by Gasteiger charge is -2.17. The molecular weight excluding hydrogens is 154 g/mol. The summed E-state index contributed by atoms with van der Waals surface area (Å²) in [6.45, 7) is 5.42. The number of hydrogen-bond acceptors (Lipinski definition) is 2. The number of ether oxygens (including phenoxy) is 1. The minimum atomic E-state index is -3.02. The molecule has 0 aliphatic rings. The lowest BCUT2D eigenvalue weighted by molar-refractivity contribution is -0.159. The molecule has 0 radical (unpaired) electrons. The minimum absolute atomic E-state index is 0.0240. The van der Waals surface area contributed by atoms with E-state index in [0.29, 0.717) is 0 Å². The van der Waals surface area contributed by atoms with Crippen molar-refractivity contribution in [2.24, 2.45) is 5.41 Å². The Morgan fingerprint density at radius 2 is 1.91 bits per heavy atom. The standard InChI is InChI=1S/C7H12F2O2/c1-7(2,3)4-11-6(10)5(8)9/h5H,4H2,1-3H3. The normalized spacial score (nSPS) is 11.8. The van der Waals surface area contributed by atoms with Crippen LogP contribution in [-0.4, -0.2) is 19.0 Å². The Balaban J connectivity index is 3.64. The van der Waals surface area contributed by atoms with Gasteiger partial charge < -0.3 is 4.74 Å². The van der Waals surface area contributed by atoms with Crippen LogP contribution in [0.15, 0.2) is 0 Å². The van der Waals surface area contributed by atoms with Crippen molar-refractivity contribution >= 4 is 5.97 Å². The molecular formula is C7H12F2O2. The first kappa shape index (κ1) is 10.3. The van der Waals surface area contributed by atoms with E-state index in [0.717, 1.165) is 0 Å². The van der Waals surface area contributed by atoms with Crippen LogP contribution in [0.1, 0.15) is 20.8 Å². The first-order chi connectivity index (χ1) is 4.83. The lowest BCUT2D eigenvalue weighted by Crippen LogP contribution is -2.22. The van der Waals surface area contributed by atoms with Crippen molar-refractivity contribution in [1.29, 1.82) is 0 Å². The van der Waals surface area contributed by atoms with Crippen molar-refractivity contribution in [3.63, 3.8) is 0 Å². The topological polar surface area (TPSA) is 26.3 Å². The van der Waals surface area contributed by atoms with Gasteiger partial charge in [0, 0.05) is 0 Å². The molecule has 0 aromatic rings. The first-order valence-electron chi connectivity index (χ1n) is 3.28. The Morgan fingerprint density at radius 1 is 1.45 bits per heavy atom. The van der Waals surface area contributed by atoms with Gasteiger partial charge in [0.15, 0.2) is 0 Å². The summed E-state index contributed by atoms with van der Waals surface area (Å²) in [4.78, 5) is 10.2. The summed E-state index contributed by atoms with van der Waals surface area (Å²) in [6.07, 6.45) is -3.02. The molecule has 0 saturated carbocycles. The van der Waals surface area contributed by atoms with Gasteiger partial charge in [-0.3, -0.25) is 0 Å². The molecule has 11 heavy (non-hydrogen) atoms. The molecule has 2 nitrogen and oxygen atoms in total. The SMILES string of the molecule is CC(C)(C)COC(=O)C(F)F. The second-order valence-corrected chi connectivity index (χ2v) is 3.47. The molecule has 66 valence electrons. The third-order valence-electron chi connectivity index (χ3n) is 0.826. The Hall–Kier alpha value is -0.670. The fraction of sp³-hybridized carbons (Fsp3) is 0.857. The zero-order valence-electron chi connectivity index (χ0n) is 6.86. The highest BCUT2D eigenvalue weighted by Gasteiger charge is 2.20. The van der Waals surface area contributed by atoms with Gasteiger partial charge in [-0.05, 0) is 5.41 Å². The Labute approximate surface area is 64.5 Å². The molecule has 0 aromatic heterocycles. The summed E-state index contributed by atoms with van der Waals surface area (Å²) in [5.41, 5.74) is -0.259. The van der Waals surface area contributed by atoms with E-state index in [1.165, 1.54) is 0 Å². The van der Waals surface area contributed by atoms with Crippen molar-refractivity contribution < 1.29 is 18.3 Å². The van der Waals surface area contributed by atoms with Crippen molar-refractivity contribution in [1.82, 2.24) is 0 Å². The quantitative estimate of drug-likeness (QED) is 0.585. The second-order valence-electron chi connectivity index (χ2n) is 3.47. The van der Waals surface area contributed by atoms with E-state index in [2.05, 4.69) is 4.74 Å². The number of esters is 1. The van der Waals surface area contributed by atoms with Crippen LogP contribution < -0.4 is 0 Å². The van der Waals surface area contributed by atoms with E-state index >= 15 is 0 Å². The molecule has 0 aliphatic heterocycles. The molecule has 0 heterocycles. The van der Waals surface area contributed by atoms with E-state index in [-0.39, 0.29) is 12.0 Å². The third kappa shape index (κ3) is 5.76. The Morgan fingerprint density at radius 3 is 2.18 bits per heavy atom. The van der Waals surface area contributed by atoms with Crippen LogP contribution in [0.2, 0.25) is 0 Å². The van der Waals surface area contributed by atoms with E-state index in [4.69, 9.17) is 0 Å². The summed E-state index contributed by atoms with van der Waals surface area (Å²) in [6, 6.07) is 0. The van der Waals surface area contributed by atoms with Gasteiger partial charge in [0.05, 0.1) is 6.61 Å². The van der Waals surface area contributed by atoms with Crippen LogP contribution in [-0.2, 0) is 9.53 Å². The van der Waals surface area contributed by atoms with Crippen molar-refractivity contribution in [2.75, 3.05) is 6.61 Å². The van der Waals surface area contributed by atoms with Crippen molar-refractivity contribution in [3.05, 3.63) is 0 Å². The molecule has 0 N–H and O–H groups in total. The van der Waals surface area contributed by atoms with Crippen LogP contribution in [0.4, 0.5) is 8.78 Å². The maximum atomic E-state index is 11.5. The molecule has 0 aromatic carbocycles. The van der Waals surface area contributed by atoms with Gasteiger partial charge in [-0.25, -0.2) is 4.79 Å². The monoisotopic (exact) mass is 166 g/mol. The van der Waals surface area contributed by atoms with Crippen molar-refractivity contribution in [3.8, 4) is 0 Å². The molecule has 0 rings (SSSR count). The fourth-order valence-electron chi connectivity index (χ4n) is 0.351. The molecule has 0 unspecified atom stereocenters. The molecule has 0 amide bonds. The first-order valence-corrected chi connectivity index (χ1v) is 3.28. The molecule has 0 aliphatic carbocycles. The fourth-order valence-corrected chi connectivity index (χ4v) is 0.351. The number of carbonyl (C=O) groups is 1. The van der Waals surface area contributed by atoms with Gasteiger partial charge in [-0.1, -0.05) is 20.8 Å². The summed E-state index contributed by atoms with van der Waals surface area (Å²) in [7, 11) is 0. The summed E-state index contributed by atoms with van der Waals surface area (Å²) < 4.78 is 27.3. The number of alkyl halides is 2. The maximum absolute atomic E-state index is 11.5. The Kier molecular flexibility index (Phi) is 3.42. The van der Waals surface area contributed by atoms with E-state index < -0.39 is 12.4 Å². The molecule has 0 saturated heterocycles. The molecule has 0 atom stereocenters. The largest absolute Gasteiger partial charge is 0.461 e. The molecule has 0 fully saturated rings. The van der Waals surface area contributed by atoms with Gasteiger partial charge >= 0.3 is 12.4 Å². The smallest absolute Gasteiger partial charge is 0.373 e. The number of hydrogen-bond donors (Lipinski definition) is 0. The highest BCUT2D eigenvalue weighted by Crippen LogP contribution is 2.13. The van der Waals surface area contributed by atoms with E-state index in [1.54, 1.807) is 20.8 Å². The molecule has 0 spiro atoms. The van der Waals surface area contributed by atoms with Gasteiger partial charge in [-0.15, -0.1) is 0 Å². The van der Waals surface area contributed by atoms with Crippen LogP contribution in [0.25, 0.3) is 0 Å².